The lowest BCUT2D eigenvalue weighted by Crippen LogP contribution is -2.38. The third-order valence-electron chi connectivity index (χ3n) is 2.09. The highest BCUT2D eigenvalue weighted by atomic mass is 19.2. The van der Waals surface area contributed by atoms with Crippen LogP contribution in [0.4, 0.5) is 8.78 Å². The summed E-state index contributed by atoms with van der Waals surface area (Å²) in [5, 5.41) is 0. The molecule has 2 amide bonds. The summed E-state index contributed by atoms with van der Waals surface area (Å²) in [5.41, 5.74) is 4.47. The van der Waals surface area contributed by atoms with E-state index in [4.69, 9.17) is 5.73 Å². The SMILES string of the molecule is CCN(CC(N)=O)C(=O)c1ccnc(F)c1F. The van der Waals surface area contributed by atoms with Crippen molar-refractivity contribution in [3.8, 4) is 0 Å². The van der Waals surface area contributed by atoms with E-state index in [1.54, 1.807) is 6.92 Å². The number of amides is 2. The smallest absolute Gasteiger partial charge is 0.257 e. The van der Waals surface area contributed by atoms with Crippen molar-refractivity contribution in [2.75, 3.05) is 13.1 Å². The third-order valence-corrected chi connectivity index (χ3v) is 2.09. The lowest BCUT2D eigenvalue weighted by atomic mass is 10.2. The highest BCUT2D eigenvalue weighted by Crippen LogP contribution is 2.11. The average molecular weight is 243 g/mol. The molecular formula is C10H11F2N3O2. The largest absolute Gasteiger partial charge is 0.368 e. The first-order valence-electron chi connectivity index (χ1n) is 4.85. The first-order valence-corrected chi connectivity index (χ1v) is 4.85. The Balaban J connectivity index is 3.02. The Hall–Kier alpha value is -2.05. The zero-order chi connectivity index (χ0) is 13.0. The molecule has 1 rings (SSSR count). The minimum atomic E-state index is -1.36. The molecule has 0 bridgehead atoms. The number of likely N-dealkylation sites (N-methyl/N-ethyl adjacent to an activating group) is 1. The fraction of sp³-hybridized carbons (Fsp3) is 0.300. The van der Waals surface area contributed by atoms with Crippen molar-refractivity contribution in [1.29, 1.82) is 0 Å². The minimum Gasteiger partial charge on any atom is -0.368 e. The van der Waals surface area contributed by atoms with Gasteiger partial charge in [0.25, 0.3) is 5.91 Å². The fourth-order valence-corrected chi connectivity index (χ4v) is 1.27. The van der Waals surface area contributed by atoms with Gasteiger partial charge in [0.1, 0.15) is 0 Å². The summed E-state index contributed by atoms with van der Waals surface area (Å²) in [6.45, 7) is 1.40. The molecule has 1 aromatic heterocycles. The van der Waals surface area contributed by atoms with E-state index < -0.39 is 29.1 Å². The molecule has 1 aromatic rings. The molecule has 0 fully saturated rings. The Morgan fingerprint density at radius 2 is 2.12 bits per heavy atom. The second-order valence-corrected chi connectivity index (χ2v) is 3.25. The Morgan fingerprint density at radius 1 is 1.47 bits per heavy atom. The van der Waals surface area contributed by atoms with Gasteiger partial charge in [-0.2, -0.15) is 4.39 Å². The number of nitrogens with zero attached hydrogens (tertiary/aromatic N) is 2. The Bertz CT molecular complexity index is 451. The summed E-state index contributed by atoms with van der Waals surface area (Å²) in [4.78, 5) is 26.6. The number of hydrogen-bond acceptors (Lipinski definition) is 3. The van der Waals surface area contributed by atoms with Crippen molar-refractivity contribution in [1.82, 2.24) is 9.88 Å². The van der Waals surface area contributed by atoms with Crippen LogP contribution in [0.15, 0.2) is 12.3 Å². The molecule has 0 atom stereocenters. The molecule has 0 saturated carbocycles. The van der Waals surface area contributed by atoms with E-state index >= 15 is 0 Å². The van der Waals surface area contributed by atoms with E-state index in [-0.39, 0.29) is 13.1 Å². The zero-order valence-electron chi connectivity index (χ0n) is 9.11. The normalized spacial score (nSPS) is 10.1. The van der Waals surface area contributed by atoms with Crippen molar-refractivity contribution in [3.05, 3.63) is 29.6 Å². The van der Waals surface area contributed by atoms with Crippen molar-refractivity contribution < 1.29 is 18.4 Å². The number of carbonyl (C=O) groups is 2. The van der Waals surface area contributed by atoms with E-state index in [2.05, 4.69) is 4.98 Å². The molecule has 0 aromatic carbocycles. The molecule has 0 spiro atoms. The van der Waals surface area contributed by atoms with Gasteiger partial charge in [0.2, 0.25) is 11.9 Å². The molecule has 17 heavy (non-hydrogen) atoms. The summed E-state index contributed by atoms with van der Waals surface area (Å²) >= 11 is 0. The highest BCUT2D eigenvalue weighted by Gasteiger charge is 2.21. The summed E-state index contributed by atoms with van der Waals surface area (Å²) < 4.78 is 26.1. The number of rotatable bonds is 4. The Morgan fingerprint density at radius 3 is 2.65 bits per heavy atom. The molecular weight excluding hydrogens is 232 g/mol. The van der Waals surface area contributed by atoms with Gasteiger partial charge in [0.05, 0.1) is 12.1 Å². The molecule has 0 aliphatic rings. The molecule has 2 N–H and O–H groups in total. The van der Waals surface area contributed by atoms with E-state index in [1.165, 1.54) is 0 Å². The lowest BCUT2D eigenvalue weighted by Gasteiger charge is -2.19. The number of pyridine rings is 1. The van der Waals surface area contributed by atoms with Gasteiger partial charge in [-0.25, -0.2) is 9.37 Å². The van der Waals surface area contributed by atoms with Gasteiger partial charge >= 0.3 is 0 Å². The number of aromatic nitrogens is 1. The molecule has 0 saturated heterocycles. The van der Waals surface area contributed by atoms with Crippen LogP contribution in [0.1, 0.15) is 17.3 Å². The van der Waals surface area contributed by atoms with Crippen LogP contribution in [0.2, 0.25) is 0 Å². The van der Waals surface area contributed by atoms with Crippen molar-refractivity contribution in [2.45, 2.75) is 6.92 Å². The van der Waals surface area contributed by atoms with Gasteiger partial charge < -0.3 is 10.6 Å². The molecule has 7 heteroatoms. The Labute approximate surface area is 96.2 Å². The van der Waals surface area contributed by atoms with Crippen LogP contribution in [-0.2, 0) is 4.79 Å². The third kappa shape index (κ3) is 2.96. The second kappa shape index (κ2) is 5.33. The maximum atomic E-state index is 13.3. The summed E-state index contributed by atoms with van der Waals surface area (Å²) in [6, 6.07) is 1.05. The van der Waals surface area contributed by atoms with Crippen LogP contribution in [0, 0.1) is 11.8 Å². The molecule has 0 aliphatic heterocycles. The van der Waals surface area contributed by atoms with Crippen LogP contribution >= 0.6 is 0 Å². The molecule has 0 aliphatic carbocycles. The molecule has 0 unspecified atom stereocenters. The first-order chi connectivity index (χ1) is 7.97. The van der Waals surface area contributed by atoms with Gasteiger partial charge in [-0.1, -0.05) is 0 Å². The zero-order valence-corrected chi connectivity index (χ0v) is 9.11. The standard InChI is InChI=1S/C10H11F2N3O2/c1-2-15(5-7(13)16)10(17)6-3-4-14-9(12)8(6)11/h3-4H,2,5H2,1H3,(H2,13,16). The number of hydrogen-bond donors (Lipinski definition) is 1. The van der Waals surface area contributed by atoms with Crippen LogP contribution in [0.3, 0.4) is 0 Å². The van der Waals surface area contributed by atoms with Crippen LogP contribution in [-0.4, -0.2) is 34.8 Å². The molecule has 5 nitrogen and oxygen atoms in total. The van der Waals surface area contributed by atoms with Crippen molar-refractivity contribution in [3.63, 3.8) is 0 Å². The molecule has 1 heterocycles. The highest BCUT2D eigenvalue weighted by molar-refractivity contribution is 5.96. The van der Waals surface area contributed by atoms with Gasteiger partial charge in [0, 0.05) is 12.7 Å². The monoisotopic (exact) mass is 243 g/mol. The van der Waals surface area contributed by atoms with Gasteiger partial charge in [-0.15, -0.1) is 0 Å². The topological polar surface area (TPSA) is 76.3 Å². The number of primary amides is 1. The van der Waals surface area contributed by atoms with Gasteiger partial charge in [-0.05, 0) is 13.0 Å². The maximum absolute atomic E-state index is 13.3. The van der Waals surface area contributed by atoms with Gasteiger partial charge in [0.15, 0.2) is 5.82 Å². The van der Waals surface area contributed by atoms with Crippen LogP contribution < -0.4 is 5.73 Å². The number of halogens is 2. The van der Waals surface area contributed by atoms with E-state index in [0.29, 0.717) is 0 Å². The van der Waals surface area contributed by atoms with E-state index in [9.17, 15) is 18.4 Å². The molecule has 0 radical (unpaired) electrons. The lowest BCUT2D eigenvalue weighted by molar-refractivity contribution is -0.118. The van der Waals surface area contributed by atoms with Gasteiger partial charge in [-0.3, -0.25) is 9.59 Å². The second-order valence-electron chi connectivity index (χ2n) is 3.25. The number of carbonyl (C=O) groups excluding carboxylic acids is 2. The predicted octanol–water partition coefficient (Wildman–Crippen LogP) is 0.307. The predicted molar refractivity (Wildman–Crippen MR) is 54.9 cm³/mol. The summed E-state index contributed by atoms with van der Waals surface area (Å²) in [7, 11) is 0. The van der Waals surface area contributed by atoms with Crippen LogP contribution in [0.5, 0.6) is 0 Å². The van der Waals surface area contributed by atoms with Crippen molar-refractivity contribution in [2.24, 2.45) is 5.73 Å². The Kier molecular flexibility index (Phi) is 4.08. The minimum absolute atomic E-state index is 0.158. The maximum Gasteiger partial charge on any atom is 0.257 e. The van der Waals surface area contributed by atoms with Crippen LogP contribution in [0.25, 0.3) is 0 Å². The first kappa shape index (κ1) is 13.0. The van der Waals surface area contributed by atoms with Crippen molar-refractivity contribution >= 4 is 11.8 Å². The van der Waals surface area contributed by atoms with E-state index in [0.717, 1.165) is 17.2 Å². The summed E-state index contributed by atoms with van der Waals surface area (Å²) in [5.74, 6) is -4.22. The quantitative estimate of drug-likeness (QED) is 0.773. The number of nitrogens with two attached hydrogens (primary N) is 1. The average Bonchev–Trinajstić information content (AvgIpc) is 2.28. The summed E-state index contributed by atoms with van der Waals surface area (Å²) in [6.07, 6.45) is 0.976. The fourth-order valence-electron chi connectivity index (χ4n) is 1.27. The molecule has 92 valence electrons. The van der Waals surface area contributed by atoms with E-state index in [1.807, 2.05) is 0 Å².